The number of amides is 4. The van der Waals surface area contributed by atoms with Gasteiger partial charge in [0.2, 0.25) is 27.8 Å². The number of anilines is 1. The van der Waals surface area contributed by atoms with Crippen LogP contribution in [0, 0.1) is 6.92 Å². The molecule has 2 aromatic heterocycles. The van der Waals surface area contributed by atoms with Crippen molar-refractivity contribution >= 4 is 56.3 Å². The Balaban J connectivity index is 1.18. The van der Waals surface area contributed by atoms with Crippen molar-refractivity contribution in [3.8, 4) is 0 Å². The van der Waals surface area contributed by atoms with Crippen molar-refractivity contribution in [1.29, 1.82) is 0 Å². The van der Waals surface area contributed by atoms with Gasteiger partial charge in [-0.1, -0.05) is 18.2 Å². The maximum absolute atomic E-state index is 14.0. The quantitative estimate of drug-likeness (QED) is 0.161. The Morgan fingerprint density at radius 2 is 1.78 bits per heavy atom. The topological polar surface area (TPSA) is 187 Å². The Morgan fingerprint density at radius 3 is 2.52 bits per heavy atom. The number of furan rings is 1. The van der Waals surface area contributed by atoms with Gasteiger partial charge >= 0.3 is 0 Å². The number of carbonyl (C=O) groups excluding carboxylic acids is 4. The maximum Gasteiger partial charge on any atom is 0.271 e. The lowest BCUT2D eigenvalue weighted by Crippen LogP contribution is -2.49. The molecule has 2 aliphatic rings. The summed E-state index contributed by atoms with van der Waals surface area (Å²) in [7, 11) is -0.536. The van der Waals surface area contributed by atoms with Gasteiger partial charge in [-0.25, -0.2) is 18.1 Å². The van der Waals surface area contributed by atoms with Crippen LogP contribution in [0.4, 0.5) is 5.69 Å². The van der Waals surface area contributed by atoms with Crippen LogP contribution < -0.4 is 15.4 Å². The largest absolute Gasteiger partial charge is 0.461 e. The van der Waals surface area contributed by atoms with Gasteiger partial charge in [0.1, 0.15) is 23.1 Å². The minimum Gasteiger partial charge on any atom is -0.461 e. The molecule has 3 N–H and O–H groups in total. The van der Waals surface area contributed by atoms with Crippen molar-refractivity contribution in [2.45, 2.75) is 56.0 Å². The number of aryl methyl sites for hydroxylation is 1. The minimum atomic E-state index is -3.75. The van der Waals surface area contributed by atoms with Crippen LogP contribution in [0.1, 0.15) is 58.7 Å². The van der Waals surface area contributed by atoms with E-state index in [0.29, 0.717) is 56.5 Å². The van der Waals surface area contributed by atoms with Crippen LogP contribution in [0.3, 0.4) is 0 Å². The fourth-order valence-electron chi connectivity index (χ4n) is 6.59. The number of nitrogens with one attached hydrogen (secondary N) is 3. The lowest BCUT2D eigenvalue weighted by molar-refractivity contribution is -0.141. The van der Waals surface area contributed by atoms with Crippen molar-refractivity contribution in [2.75, 3.05) is 45.6 Å². The van der Waals surface area contributed by atoms with E-state index in [4.69, 9.17) is 9.41 Å². The second-order valence-corrected chi connectivity index (χ2v) is 15.4. The first-order chi connectivity index (χ1) is 25.9. The summed E-state index contributed by atoms with van der Waals surface area (Å²) < 4.78 is 34.0. The van der Waals surface area contributed by atoms with Crippen LogP contribution in [0.15, 0.2) is 87.2 Å². The first kappa shape index (κ1) is 38.1. The van der Waals surface area contributed by atoms with Crippen molar-refractivity contribution < 1.29 is 32.0 Å². The number of pyridine rings is 1. The number of fused-ring (bicyclic) bond motifs is 1. The molecule has 2 fully saturated rings. The van der Waals surface area contributed by atoms with Crippen LogP contribution in [0.5, 0.6) is 0 Å². The van der Waals surface area contributed by atoms with E-state index in [1.54, 1.807) is 49.3 Å². The molecule has 284 valence electrons. The zero-order chi connectivity index (χ0) is 38.4. The van der Waals surface area contributed by atoms with E-state index in [2.05, 4.69) is 20.3 Å². The number of likely N-dealkylation sites (tertiary alicyclic amines) is 2. The average molecular weight is 757 g/mol. The van der Waals surface area contributed by atoms with Gasteiger partial charge in [-0.05, 0) is 87.6 Å². The molecule has 2 atom stereocenters. The number of benzene rings is 2. The Kier molecular flexibility index (Phi) is 11.7. The fourth-order valence-corrected chi connectivity index (χ4v) is 7.68. The first-order valence-corrected chi connectivity index (χ1v) is 19.3. The Bertz CT molecular complexity index is 2150. The smallest absolute Gasteiger partial charge is 0.271 e. The molecule has 2 aromatic carbocycles. The molecule has 6 rings (SSSR count). The standard InChI is InChI=1S/C38H44N8O7S/c1-25-20-27-21-28(15-17-33(27)53-25)41-38(43-35(48)26-14-16-31(39-22-26)36(49)44(2)3)42-32-13-7-8-18-45(37(32)50)24-34(47)46-19-9-10-29(46)23-40-54(51,52)30-11-5-4-6-12-30/h4-6,11-12,14-17,20-22,29,32,40H,7-10,13,18-19,23-24H2,1-3H3,(H2,41,42,43,48). The Morgan fingerprint density at radius 1 is 0.981 bits per heavy atom. The van der Waals surface area contributed by atoms with E-state index in [-0.39, 0.29) is 59.0 Å². The molecule has 0 aliphatic carbocycles. The third kappa shape index (κ3) is 9.12. The molecule has 54 heavy (non-hydrogen) atoms. The van der Waals surface area contributed by atoms with E-state index >= 15 is 0 Å². The highest BCUT2D eigenvalue weighted by Gasteiger charge is 2.34. The molecule has 2 aliphatic heterocycles. The number of aliphatic imine (C=N–C) groups is 1. The predicted molar refractivity (Wildman–Crippen MR) is 202 cm³/mol. The maximum atomic E-state index is 14.0. The summed E-state index contributed by atoms with van der Waals surface area (Å²) in [6.45, 7) is 2.54. The number of rotatable bonds is 10. The summed E-state index contributed by atoms with van der Waals surface area (Å²) in [4.78, 5) is 67.1. The van der Waals surface area contributed by atoms with Crippen LogP contribution in [-0.4, -0.2) is 110 Å². The highest BCUT2D eigenvalue weighted by Crippen LogP contribution is 2.24. The van der Waals surface area contributed by atoms with Gasteiger partial charge in [0.25, 0.3) is 11.8 Å². The van der Waals surface area contributed by atoms with Gasteiger partial charge in [-0.2, -0.15) is 0 Å². The molecule has 0 radical (unpaired) electrons. The molecule has 16 heteroatoms. The molecule has 15 nitrogen and oxygen atoms in total. The van der Waals surface area contributed by atoms with Crippen LogP contribution in [0.25, 0.3) is 11.0 Å². The lowest BCUT2D eigenvalue weighted by atomic mass is 10.1. The van der Waals surface area contributed by atoms with Crippen LogP contribution in [-0.2, 0) is 19.6 Å². The summed E-state index contributed by atoms with van der Waals surface area (Å²) in [5.74, 6) is -0.740. The third-order valence-corrected chi connectivity index (χ3v) is 10.8. The number of nitrogens with zero attached hydrogens (tertiary/aromatic N) is 5. The number of carbonyl (C=O) groups is 4. The van der Waals surface area contributed by atoms with E-state index in [1.807, 2.05) is 19.1 Å². The number of sulfonamides is 1. The normalized spacial score (nSPS) is 18.1. The third-order valence-electron chi connectivity index (χ3n) is 9.41. The number of guanidine groups is 1. The first-order valence-electron chi connectivity index (χ1n) is 17.8. The monoisotopic (exact) mass is 756 g/mol. The summed E-state index contributed by atoms with van der Waals surface area (Å²) >= 11 is 0. The molecule has 4 aromatic rings. The molecule has 4 heterocycles. The van der Waals surface area contributed by atoms with Crippen molar-refractivity contribution in [2.24, 2.45) is 4.99 Å². The zero-order valence-corrected chi connectivity index (χ0v) is 31.3. The molecule has 2 unspecified atom stereocenters. The second-order valence-electron chi connectivity index (χ2n) is 13.6. The fraction of sp³-hybridized carbons (Fsp3) is 0.368. The van der Waals surface area contributed by atoms with Gasteiger partial charge < -0.3 is 24.4 Å². The van der Waals surface area contributed by atoms with Crippen molar-refractivity contribution in [1.82, 2.24) is 29.7 Å². The summed E-state index contributed by atoms with van der Waals surface area (Å²) in [6.07, 6.45) is 4.35. The van der Waals surface area contributed by atoms with Gasteiger partial charge in [-0.15, -0.1) is 0 Å². The van der Waals surface area contributed by atoms with Crippen LogP contribution >= 0.6 is 0 Å². The van der Waals surface area contributed by atoms with E-state index in [9.17, 15) is 27.6 Å². The van der Waals surface area contributed by atoms with Crippen molar-refractivity contribution in [3.05, 3.63) is 89.9 Å². The number of hydrogen-bond donors (Lipinski definition) is 3. The predicted octanol–water partition coefficient (Wildman–Crippen LogP) is 3.39. The molecular weight excluding hydrogens is 713 g/mol. The molecule has 0 saturated carbocycles. The Hall–Kier alpha value is -5.61. The molecule has 0 spiro atoms. The second kappa shape index (κ2) is 16.6. The number of hydrogen-bond acceptors (Lipinski definition) is 9. The van der Waals surface area contributed by atoms with E-state index < -0.39 is 22.0 Å². The molecular formula is C38H44N8O7S. The SMILES string of the molecule is Cc1cc2cc(NC(=NC3CCCCN(CC(=O)N4CCCC4CNS(=O)(=O)c4ccccc4)C3=O)NC(=O)c3ccc(C(=O)N(C)C)nc3)ccc2o1. The number of aromatic nitrogens is 1. The average Bonchev–Trinajstić information content (AvgIpc) is 3.75. The molecule has 2 saturated heterocycles. The van der Waals surface area contributed by atoms with Crippen LogP contribution in [0.2, 0.25) is 0 Å². The van der Waals surface area contributed by atoms with E-state index in [1.165, 1.54) is 40.3 Å². The van der Waals surface area contributed by atoms with Gasteiger partial charge in [-0.3, -0.25) is 29.5 Å². The van der Waals surface area contributed by atoms with Gasteiger partial charge in [0.15, 0.2) is 0 Å². The van der Waals surface area contributed by atoms with Crippen molar-refractivity contribution in [3.63, 3.8) is 0 Å². The molecule has 0 bridgehead atoms. The lowest BCUT2D eigenvalue weighted by Gasteiger charge is -2.29. The zero-order valence-electron chi connectivity index (χ0n) is 30.4. The summed E-state index contributed by atoms with van der Waals surface area (Å²) in [5, 5.41) is 6.76. The Labute approximate surface area is 313 Å². The summed E-state index contributed by atoms with van der Waals surface area (Å²) in [5.41, 5.74) is 1.63. The van der Waals surface area contributed by atoms with Gasteiger partial charge in [0.05, 0.1) is 17.0 Å². The summed E-state index contributed by atoms with van der Waals surface area (Å²) in [6, 6.07) is 17.0. The molecule has 4 amide bonds. The van der Waals surface area contributed by atoms with E-state index in [0.717, 1.165) is 11.1 Å². The minimum absolute atomic E-state index is 0.0184. The highest BCUT2D eigenvalue weighted by atomic mass is 32.2. The van der Waals surface area contributed by atoms with Gasteiger partial charge in [0, 0.05) is 57.0 Å². The highest BCUT2D eigenvalue weighted by molar-refractivity contribution is 7.89.